The van der Waals surface area contributed by atoms with Crippen LogP contribution in [0.5, 0.6) is 5.88 Å². The summed E-state index contributed by atoms with van der Waals surface area (Å²) >= 11 is 0.900. The maximum Gasteiger partial charge on any atom is 0.307 e. The third-order valence-electron chi connectivity index (χ3n) is 2.88. The molecular weight excluding hydrogens is 278 g/mol. The predicted molar refractivity (Wildman–Crippen MR) is 75.8 cm³/mol. The Kier molecular flexibility index (Phi) is 3.03. The fourth-order valence-electron chi connectivity index (χ4n) is 1.93. The Labute approximate surface area is 116 Å². The highest BCUT2D eigenvalue weighted by atomic mass is 32.1. The van der Waals surface area contributed by atoms with Crippen molar-refractivity contribution in [2.75, 3.05) is 0 Å². The van der Waals surface area contributed by atoms with Gasteiger partial charge in [0.15, 0.2) is 0 Å². The molecule has 0 aliphatic carbocycles. The van der Waals surface area contributed by atoms with Gasteiger partial charge in [0.2, 0.25) is 5.88 Å². The first-order valence-corrected chi connectivity index (χ1v) is 6.72. The Morgan fingerprint density at radius 3 is 2.60 bits per heavy atom. The van der Waals surface area contributed by atoms with E-state index in [4.69, 9.17) is 0 Å². The molecule has 2 heterocycles. The van der Waals surface area contributed by atoms with Crippen molar-refractivity contribution in [3.8, 4) is 11.6 Å². The summed E-state index contributed by atoms with van der Waals surface area (Å²) in [6.07, 6.45) is 1.88. The van der Waals surface area contributed by atoms with Gasteiger partial charge in [0.25, 0.3) is 5.56 Å². The van der Waals surface area contributed by atoms with Gasteiger partial charge in [0.1, 0.15) is 0 Å². The van der Waals surface area contributed by atoms with Crippen LogP contribution in [0.3, 0.4) is 0 Å². The van der Waals surface area contributed by atoms with Crippen LogP contribution in [0.15, 0.2) is 46.1 Å². The van der Waals surface area contributed by atoms with Crippen LogP contribution in [0.2, 0.25) is 0 Å². The van der Waals surface area contributed by atoms with Crippen molar-refractivity contribution in [3.05, 3.63) is 67.0 Å². The summed E-state index contributed by atoms with van der Waals surface area (Å²) in [5.41, 5.74) is 1.08. The minimum atomic E-state index is -0.337. The molecule has 0 unspecified atom stereocenters. The molecule has 0 fully saturated rings. The van der Waals surface area contributed by atoms with Crippen molar-refractivity contribution < 1.29 is 5.11 Å². The average molecular weight is 289 g/mol. The van der Waals surface area contributed by atoms with Gasteiger partial charge in [-0.2, -0.15) is 0 Å². The number of aromatic amines is 2. The summed E-state index contributed by atoms with van der Waals surface area (Å²) in [4.78, 5) is 25.4. The Balaban J connectivity index is 1.96. The zero-order valence-corrected chi connectivity index (χ0v) is 11.1. The lowest BCUT2D eigenvalue weighted by Crippen LogP contribution is -2.07. The van der Waals surface area contributed by atoms with E-state index in [0.29, 0.717) is 10.4 Å². The van der Waals surface area contributed by atoms with Crippen molar-refractivity contribution >= 4 is 11.3 Å². The van der Waals surface area contributed by atoms with E-state index >= 15 is 0 Å². The van der Waals surface area contributed by atoms with E-state index in [0.717, 1.165) is 17.0 Å². The maximum atomic E-state index is 11.9. The number of para-hydroxylation sites is 1. The van der Waals surface area contributed by atoms with Crippen LogP contribution in [-0.4, -0.2) is 19.9 Å². The Hall–Kier alpha value is -2.54. The molecule has 2 aromatic heterocycles. The zero-order valence-electron chi connectivity index (χ0n) is 10.3. The molecule has 0 radical (unpaired) electrons. The van der Waals surface area contributed by atoms with E-state index in [2.05, 4.69) is 10.1 Å². The molecule has 102 valence electrons. The predicted octanol–water partition coefficient (Wildman–Crippen LogP) is 1.21. The molecule has 3 N–H and O–H groups in total. The summed E-state index contributed by atoms with van der Waals surface area (Å²) in [7, 11) is 0. The van der Waals surface area contributed by atoms with Gasteiger partial charge in [0.05, 0.1) is 10.6 Å². The minimum Gasteiger partial charge on any atom is -0.494 e. The zero-order chi connectivity index (χ0) is 14.1. The van der Waals surface area contributed by atoms with E-state index in [9.17, 15) is 14.7 Å². The van der Waals surface area contributed by atoms with Gasteiger partial charge in [-0.15, -0.1) is 0 Å². The van der Waals surface area contributed by atoms with Crippen LogP contribution in [-0.2, 0) is 6.42 Å². The molecular formula is C13H11N3O3S. The summed E-state index contributed by atoms with van der Waals surface area (Å²) in [5.74, 6) is -0.174. The number of nitrogens with one attached hydrogen (secondary N) is 2. The first kappa shape index (κ1) is 12.5. The van der Waals surface area contributed by atoms with Crippen LogP contribution in [0.4, 0.5) is 0 Å². The second-order valence-corrected chi connectivity index (χ2v) is 5.33. The number of aromatic hydroxyl groups is 1. The van der Waals surface area contributed by atoms with Crippen LogP contribution >= 0.6 is 11.3 Å². The van der Waals surface area contributed by atoms with E-state index < -0.39 is 0 Å². The van der Waals surface area contributed by atoms with Crippen molar-refractivity contribution in [1.29, 1.82) is 0 Å². The first-order chi connectivity index (χ1) is 9.63. The van der Waals surface area contributed by atoms with Gasteiger partial charge in [-0.05, 0) is 12.1 Å². The molecule has 0 spiro atoms. The molecule has 6 nitrogen and oxygen atoms in total. The smallest absolute Gasteiger partial charge is 0.307 e. The summed E-state index contributed by atoms with van der Waals surface area (Å²) in [5, 5.41) is 12.2. The standard InChI is InChI=1S/C13H11N3O3S/c17-11-8(6-10-12(18)14-13(19)20-10)7-16(15-11)9-4-2-1-3-5-9/h1-5,7,18H,6H2,(H,14,19)(H,15,17). The number of benzene rings is 1. The highest BCUT2D eigenvalue weighted by Crippen LogP contribution is 2.19. The maximum absolute atomic E-state index is 11.9. The molecule has 0 bridgehead atoms. The van der Waals surface area contributed by atoms with Gasteiger partial charge in [-0.25, -0.2) is 0 Å². The number of nitrogens with zero attached hydrogens (tertiary/aromatic N) is 1. The van der Waals surface area contributed by atoms with Crippen LogP contribution < -0.4 is 10.4 Å². The summed E-state index contributed by atoms with van der Waals surface area (Å²) < 4.78 is 1.62. The lowest BCUT2D eigenvalue weighted by molar-refractivity contribution is 0.451. The normalized spacial score (nSPS) is 10.8. The molecule has 1 aromatic carbocycles. The van der Waals surface area contributed by atoms with Gasteiger partial charge in [-0.1, -0.05) is 29.5 Å². The lowest BCUT2D eigenvalue weighted by atomic mass is 10.2. The second kappa shape index (κ2) is 4.86. The highest BCUT2D eigenvalue weighted by Gasteiger charge is 2.12. The number of aromatic nitrogens is 3. The second-order valence-electron chi connectivity index (χ2n) is 4.26. The molecule has 3 rings (SSSR count). The van der Waals surface area contributed by atoms with Crippen LogP contribution in [0, 0.1) is 0 Å². The molecule has 0 atom stereocenters. The van der Waals surface area contributed by atoms with Crippen LogP contribution in [0.1, 0.15) is 10.4 Å². The molecule has 3 aromatic rings. The highest BCUT2D eigenvalue weighted by molar-refractivity contribution is 7.09. The quantitative estimate of drug-likeness (QED) is 0.677. The van der Waals surface area contributed by atoms with E-state index in [1.807, 2.05) is 30.3 Å². The van der Waals surface area contributed by atoms with Crippen molar-refractivity contribution in [2.45, 2.75) is 6.42 Å². The summed E-state index contributed by atoms with van der Waals surface area (Å²) in [6, 6.07) is 9.37. The summed E-state index contributed by atoms with van der Waals surface area (Å²) in [6.45, 7) is 0. The monoisotopic (exact) mass is 289 g/mol. The number of rotatable bonds is 3. The largest absolute Gasteiger partial charge is 0.494 e. The number of hydrogen-bond acceptors (Lipinski definition) is 4. The van der Waals surface area contributed by atoms with Gasteiger partial charge >= 0.3 is 4.87 Å². The lowest BCUT2D eigenvalue weighted by Gasteiger charge is -2.00. The fraction of sp³-hybridized carbons (Fsp3) is 0.0769. The van der Waals surface area contributed by atoms with Gasteiger partial charge in [0, 0.05) is 18.2 Å². The van der Waals surface area contributed by atoms with Crippen LogP contribution in [0.25, 0.3) is 5.69 Å². The van der Waals surface area contributed by atoms with Gasteiger partial charge < -0.3 is 5.11 Å². The molecule has 20 heavy (non-hydrogen) atoms. The molecule has 0 amide bonds. The minimum absolute atomic E-state index is 0.174. The Morgan fingerprint density at radius 1 is 1.20 bits per heavy atom. The molecule has 0 saturated carbocycles. The molecule has 7 heteroatoms. The van der Waals surface area contributed by atoms with E-state index in [1.54, 1.807) is 10.9 Å². The van der Waals surface area contributed by atoms with Crippen molar-refractivity contribution in [2.24, 2.45) is 0 Å². The number of H-pyrrole nitrogens is 2. The van der Waals surface area contributed by atoms with Crippen molar-refractivity contribution in [3.63, 3.8) is 0 Å². The molecule has 0 saturated heterocycles. The average Bonchev–Trinajstić information content (AvgIpc) is 2.95. The molecule has 0 aliphatic heterocycles. The van der Waals surface area contributed by atoms with E-state index in [-0.39, 0.29) is 22.7 Å². The van der Waals surface area contributed by atoms with Gasteiger partial charge in [-0.3, -0.25) is 24.4 Å². The third-order valence-corrected chi connectivity index (χ3v) is 3.76. The first-order valence-electron chi connectivity index (χ1n) is 5.90. The topological polar surface area (TPSA) is 90.9 Å². The number of hydrogen-bond donors (Lipinski definition) is 3. The SMILES string of the molecule is O=c1[nH]c(O)c(Cc2cn(-c3ccccc3)[nH]c2=O)s1. The Morgan fingerprint density at radius 2 is 1.95 bits per heavy atom. The third kappa shape index (κ3) is 2.30. The molecule has 0 aliphatic rings. The van der Waals surface area contributed by atoms with Crippen molar-refractivity contribution in [1.82, 2.24) is 14.8 Å². The Bertz CT molecular complexity index is 842. The van der Waals surface area contributed by atoms with E-state index in [1.165, 1.54) is 0 Å². The number of thiazole rings is 1. The fourth-order valence-corrected chi connectivity index (χ4v) is 2.67.